The smallest absolute Gasteiger partial charge is 0.313 e. The third kappa shape index (κ3) is 3.48. The zero-order chi connectivity index (χ0) is 20.9. The molecule has 7 nitrogen and oxygen atoms in total. The van der Waals surface area contributed by atoms with Gasteiger partial charge in [0.1, 0.15) is 29.2 Å². The standard InChI is InChI=1S/C20H26FN3O4/c1-11-17-18(26)24(5)15(9-16(25)28-19(2,3)4)23-20(17,10-27-11)13-8-12(22)6-7-14(13)21/h6-8,11,17H,9-10,22H2,1-5H3/t11-,17+,20-/m1/s1. The fourth-order valence-electron chi connectivity index (χ4n) is 3.83. The average Bonchev–Trinajstić information content (AvgIpc) is 2.90. The molecule has 0 spiro atoms. The van der Waals surface area contributed by atoms with Gasteiger partial charge in [0, 0.05) is 18.3 Å². The van der Waals surface area contributed by atoms with Gasteiger partial charge in [0.15, 0.2) is 0 Å². The van der Waals surface area contributed by atoms with E-state index < -0.39 is 34.9 Å². The summed E-state index contributed by atoms with van der Waals surface area (Å²) < 4.78 is 25.8. The lowest BCUT2D eigenvalue weighted by atomic mass is 9.76. The molecule has 1 fully saturated rings. The zero-order valence-electron chi connectivity index (χ0n) is 16.8. The first-order valence-corrected chi connectivity index (χ1v) is 9.20. The van der Waals surface area contributed by atoms with Gasteiger partial charge in [-0.1, -0.05) is 0 Å². The second kappa shape index (κ2) is 6.84. The van der Waals surface area contributed by atoms with Crippen molar-refractivity contribution in [1.29, 1.82) is 0 Å². The number of esters is 1. The first-order chi connectivity index (χ1) is 12.9. The molecule has 0 unspecified atom stereocenters. The largest absolute Gasteiger partial charge is 0.460 e. The zero-order valence-corrected chi connectivity index (χ0v) is 16.8. The highest BCUT2D eigenvalue weighted by atomic mass is 19.1. The highest BCUT2D eigenvalue weighted by Gasteiger charge is 2.58. The summed E-state index contributed by atoms with van der Waals surface area (Å²) in [4.78, 5) is 31.5. The lowest BCUT2D eigenvalue weighted by molar-refractivity contribution is -0.153. The van der Waals surface area contributed by atoms with Crippen LogP contribution in [0.4, 0.5) is 10.1 Å². The number of carbonyl (C=O) groups is 2. The predicted octanol–water partition coefficient (Wildman–Crippen LogP) is 2.24. The number of hydrogen-bond acceptors (Lipinski definition) is 6. The molecule has 8 heteroatoms. The maximum absolute atomic E-state index is 14.8. The molecule has 1 amide bonds. The number of amidine groups is 1. The number of fused-ring (bicyclic) bond motifs is 1. The Bertz CT molecular complexity index is 848. The van der Waals surface area contributed by atoms with E-state index in [0.717, 1.165) is 0 Å². The number of nitrogens with zero attached hydrogens (tertiary/aromatic N) is 2. The summed E-state index contributed by atoms with van der Waals surface area (Å²) in [5, 5.41) is 0. The van der Waals surface area contributed by atoms with Crippen LogP contribution in [0.1, 0.15) is 39.7 Å². The number of ether oxygens (including phenoxy) is 2. The van der Waals surface area contributed by atoms with Crippen molar-refractivity contribution in [2.75, 3.05) is 19.4 Å². The number of nitrogens with two attached hydrogens (primary N) is 1. The van der Waals surface area contributed by atoms with E-state index in [4.69, 9.17) is 20.2 Å². The maximum atomic E-state index is 14.8. The number of amides is 1. The minimum Gasteiger partial charge on any atom is -0.460 e. The van der Waals surface area contributed by atoms with E-state index in [2.05, 4.69) is 0 Å². The summed E-state index contributed by atoms with van der Waals surface area (Å²) in [6.45, 7) is 7.06. The number of hydrogen-bond donors (Lipinski definition) is 1. The molecule has 2 aliphatic rings. The van der Waals surface area contributed by atoms with Crippen LogP contribution in [0.25, 0.3) is 0 Å². The minimum absolute atomic E-state index is 0.0244. The topological polar surface area (TPSA) is 94.2 Å². The van der Waals surface area contributed by atoms with Crippen molar-refractivity contribution >= 4 is 23.4 Å². The van der Waals surface area contributed by atoms with Crippen LogP contribution in [0.5, 0.6) is 0 Å². The van der Waals surface area contributed by atoms with E-state index in [-0.39, 0.29) is 30.3 Å². The van der Waals surface area contributed by atoms with Crippen molar-refractivity contribution in [1.82, 2.24) is 4.90 Å². The van der Waals surface area contributed by atoms with Crippen molar-refractivity contribution < 1.29 is 23.5 Å². The lowest BCUT2D eigenvalue weighted by Gasteiger charge is -2.39. The fourth-order valence-corrected chi connectivity index (χ4v) is 3.83. The molecule has 1 aromatic rings. The van der Waals surface area contributed by atoms with Gasteiger partial charge in [-0.15, -0.1) is 0 Å². The van der Waals surface area contributed by atoms with Crippen molar-refractivity contribution in [3.63, 3.8) is 0 Å². The van der Waals surface area contributed by atoms with Gasteiger partial charge in [0.25, 0.3) is 0 Å². The number of aliphatic imine (C=N–C) groups is 1. The molecule has 1 saturated heterocycles. The first kappa shape index (κ1) is 20.3. The molecule has 28 heavy (non-hydrogen) atoms. The monoisotopic (exact) mass is 391 g/mol. The predicted molar refractivity (Wildman–Crippen MR) is 102 cm³/mol. The summed E-state index contributed by atoms with van der Waals surface area (Å²) >= 11 is 0. The number of anilines is 1. The van der Waals surface area contributed by atoms with Crippen LogP contribution in [-0.4, -0.2) is 48.0 Å². The second-order valence-electron chi connectivity index (χ2n) is 8.35. The van der Waals surface area contributed by atoms with Crippen LogP contribution in [0.2, 0.25) is 0 Å². The highest BCUT2D eigenvalue weighted by molar-refractivity contribution is 6.08. The molecule has 0 saturated carbocycles. The summed E-state index contributed by atoms with van der Waals surface area (Å²) in [6, 6.07) is 4.19. The molecule has 0 aromatic heterocycles. The van der Waals surface area contributed by atoms with Crippen LogP contribution >= 0.6 is 0 Å². The number of benzene rings is 1. The Morgan fingerprint density at radius 1 is 1.46 bits per heavy atom. The fraction of sp³-hybridized carbons (Fsp3) is 0.550. The molecule has 0 aliphatic carbocycles. The molecule has 152 valence electrons. The molecule has 3 atom stereocenters. The van der Waals surface area contributed by atoms with Crippen molar-refractivity contribution in [2.24, 2.45) is 10.9 Å². The van der Waals surface area contributed by atoms with Crippen LogP contribution in [0, 0.1) is 11.7 Å². The molecular formula is C20H26FN3O4. The van der Waals surface area contributed by atoms with Crippen LogP contribution in [0.15, 0.2) is 23.2 Å². The third-order valence-corrected chi connectivity index (χ3v) is 5.04. The average molecular weight is 391 g/mol. The van der Waals surface area contributed by atoms with Gasteiger partial charge in [0.05, 0.1) is 18.6 Å². The van der Waals surface area contributed by atoms with E-state index in [1.807, 2.05) is 0 Å². The van der Waals surface area contributed by atoms with Gasteiger partial charge in [-0.25, -0.2) is 4.39 Å². The van der Waals surface area contributed by atoms with Crippen molar-refractivity contribution in [3.05, 3.63) is 29.6 Å². The number of halogens is 1. The van der Waals surface area contributed by atoms with Gasteiger partial charge in [-0.05, 0) is 45.9 Å². The maximum Gasteiger partial charge on any atom is 0.313 e. The molecule has 0 bridgehead atoms. The third-order valence-electron chi connectivity index (χ3n) is 5.04. The Kier molecular flexibility index (Phi) is 4.95. The first-order valence-electron chi connectivity index (χ1n) is 9.20. The van der Waals surface area contributed by atoms with Gasteiger partial charge < -0.3 is 20.1 Å². The molecule has 2 aliphatic heterocycles. The summed E-state index contributed by atoms with van der Waals surface area (Å²) in [5.41, 5.74) is 4.50. The molecule has 2 N–H and O–H groups in total. The van der Waals surface area contributed by atoms with Gasteiger partial charge in [0.2, 0.25) is 5.91 Å². The van der Waals surface area contributed by atoms with Crippen molar-refractivity contribution in [3.8, 4) is 0 Å². The van der Waals surface area contributed by atoms with E-state index in [1.165, 1.54) is 23.1 Å². The van der Waals surface area contributed by atoms with E-state index in [9.17, 15) is 14.0 Å². The number of nitrogen functional groups attached to an aromatic ring is 1. The molecule has 2 heterocycles. The van der Waals surface area contributed by atoms with E-state index in [0.29, 0.717) is 5.69 Å². The SMILES string of the molecule is C[C@H]1OC[C@]2(c3cc(N)ccc3F)N=C(CC(=O)OC(C)(C)C)N(C)C(=O)[C@H]12. The highest BCUT2D eigenvalue weighted by Crippen LogP contribution is 2.47. The quantitative estimate of drug-likeness (QED) is 0.630. The summed E-state index contributed by atoms with van der Waals surface area (Å²) in [7, 11) is 1.55. The Hall–Kier alpha value is -2.48. The normalized spacial score (nSPS) is 27.4. The Labute approximate surface area is 163 Å². The van der Waals surface area contributed by atoms with E-state index in [1.54, 1.807) is 34.7 Å². The summed E-state index contributed by atoms with van der Waals surface area (Å²) in [6.07, 6.45) is -0.658. The summed E-state index contributed by atoms with van der Waals surface area (Å²) in [5.74, 6) is -1.80. The van der Waals surface area contributed by atoms with Gasteiger partial charge in [-0.2, -0.15) is 0 Å². The Morgan fingerprint density at radius 3 is 2.79 bits per heavy atom. The van der Waals surface area contributed by atoms with E-state index >= 15 is 0 Å². The minimum atomic E-state index is -1.26. The molecule has 0 radical (unpaired) electrons. The Morgan fingerprint density at radius 2 is 2.14 bits per heavy atom. The molecule has 1 aromatic carbocycles. The van der Waals surface area contributed by atoms with Crippen LogP contribution < -0.4 is 5.73 Å². The molecule has 3 rings (SSSR count). The van der Waals surface area contributed by atoms with Crippen LogP contribution in [0.3, 0.4) is 0 Å². The van der Waals surface area contributed by atoms with Gasteiger partial charge >= 0.3 is 5.97 Å². The second-order valence-corrected chi connectivity index (χ2v) is 8.35. The van der Waals surface area contributed by atoms with Crippen LogP contribution in [-0.2, 0) is 24.6 Å². The number of carbonyl (C=O) groups excluding carboxylic acids is 2. The van der Waals surface area contributed by atoms with Gasteiger partial charge in [-0.3, -0.25) is 14.6 Å². The molecular weight excluding hydrogens is 365 g/mol. The Balaban J connectivity index is 2.09. The van der Waals surface area contributed by atoms with Crippen molar-refractivity contribution in [2.45, 2.75) is 51.4 Å². The number of rotatable bonds is 3. The lowest BCUT2D eigenvalue weighted by Crippen LogP contribution is -2.54.